The Labute approximate surface area is 89.1 Å². The first-order valence-corrected chi connectivity index (χ1v) is 6.05. The maximum absolute atomic E-state index is 4.28. The van der Waals surface area contributed by atoms with Gasteiger partial charge in [-0.1, -0.05) is 0 Å². The van der Waals surface area contributed by atoms with E-state index in [0.717, 1.165) is 12.5 Å². The molecule has 0 radical (unpaired) electrons. The molecule has 1 N–H and O–H groups in total. The zero-order valence-corrected chi connectivity index (χ0v) is 9.39. The number of nitrogens with zero attached hydrogens (tertiary/aromatic N) is 2. The molecule has 14 heavy (non-hydrogen) atoms. The van der Waals surface area contributed by atoms with Crippen molar-refractivity contribution in [1.82, 2.24) is 15.2 Å². The fourth-order valence-electron chi connectivity index (χ4n) is 1.63. The van der Waals surface area contributed by atoms with Gasteiger partial charge in [-0.05, 0) is 39.0 Å². The average molecular weight is 211 g/mol. The molecular formula is C10H17N3S. The largest absolute Gasteiger partial charge is 0.316 e. The van der Waals surface area contributed by atoms with Crippen molar-refractivity contribution >= 4 is 11.3 Å². The predicted octanol–water partition coefficient (Wildman–Crippen LogP) is 1.18. The molecule has 0 amide bonds. The molecule has 0 saturated carbocycles. The molecule has 0 spiro atoms. The Balaban J connectivity index is 1.65. The van der Waals surface area contributed by atoms with Crippen molar-refractivity contribution in [3.8, 4) is 0 Å². The minimum Gasteiger partial charge on any atom is -0.316 e. The van der Waals surface area contributed by atoms with Gasteiger partial charge in [-0.15, -0.1) is 11.3 Å². The van der Waals surface area contributed by atoms with Gasteiger partial charge in [0.05, 0.1) is 11.2 Å². The molecule has 1 aromatic heterocycles. The van der Waals surface area contributed by atoms with Crippen LogP contribution in [0, 0.1) is 5.92 Å². The molecule has 78 valence electrons. The number of aromatic nitrogens is 1. The second kappa shape index (κ2) is 4.87. The molecule has 2 heterocycles. The second-order valence-electron chi connectivity index (χ2n) is 4.03. The summed E-state index contributed by atoms with van der Waals surface area (Å²) in [5, 5.41) is 5.43. The minimum atomic E-state index is 0.910. The van der Waals surface area contributed by atoms with Gasteiger partial charge in [0.1, 0.15) is 0 Å². The van der Waals surface area contributed by atoms with Gasteiger partial charge in [-0.2, -0.15) is 0 Å². The van der Waals surface area contributed by atoms with Crippen molar-refractivity contribution in [3.05, 3.63) is 16.6 Å². The molecule has 3 nitrogen and oxygen atoms in total. The van der Waals surface area contributed by atoms with Gasteiger partial charge in [-0.25, -0.2) is 4.98 Å². The van der Waals surface area contributed by atoms with Crippen molar-refractivity contribution in [3.63, 3.8) is 0 Å². The van der Waals surface area contributed by atoms with Gasteiger partial charge in [-0.3, -0.25) is 0 Å². The molecule has 1 aliphatic rings. The first-order chi connectivity index (χ1) is 6.84. The Morgan fingerprint density at radius 2 is 2.50 bits per heavy atom. The maximum atomic E-state index is 4.28. The van der Waals surface area contributed by atoms with Crippen LogP contribution in [0.2, 0.25) is 0 Å². The minimum absolute atomic E-state index is 0.910. The Morgan fingerprint density at radius 1 is 1.64 bits per heavy atom. The third-order valence-electron chi connectivity index (χ3n) is 2.70. The molecule has 1 aliphatic heterocycles. The predicted molar refractivity (Wildman–Crippen MR) is 59.4 cm³/mol. The monoisotopic (exact) mass is 211 g/mol. The lowest BCUT2D eigenvalue weighted by Crippen LogP contribution is -2.43. The van der Waals surface area contributed by atoms with Crippen LogP contribution >= 0.6 is 11.3 Å². The van der Waals surface area contributed by atoms with Crippen LogP contribution in [-0.2, 0) is 6.54 Å². The van der Waals surface area contributed by atoms with E-state index in [4.69, 9.17) is 0 Å². The first-order valence-electron chi connectivity index (χ1n) is 5.11. The molecule has 0 aromatic carbocycles. The third kappa shape index (κ3) is 2.77. The highest BCUT2D eigenvalue weighted by Crippen LogP contribution is 2.10. The summed E-state index contributed by atoms with van der Waals surface area (Å²) in [4.78, 5) is 6.64. The van der Waals surface area contributed by atoms with Crippen molar-refractivity contribution in [2.75, 3.05) is 26.7 Å². The van der Waals surface area contributed by atoms with E-state index >= 15 is 0 Å². The van der Waals surface area contributed by atoms with Crippen LogP contribution in [0.3, 0.4) is 0 Å². The molecular weight excluding hydrogens is 194 g/mol. The van der Waals surface area contributed by atoms with Gasteiger partial charge < -0.3 is 10.2 Å². The summed E-state index contributed by atoms with van der Waals surface area (Å²) in [6.45, 7) is 4.60. The van der Waals surface area contributed by atoms with E-state index in [1.807, 2.05) is 5.51 Å². The van der Waals surface area contributed by atoms with Crippen molar-refractivity contribution in [2.24, 2.45) is 5.92 Å². The molecule has 1 saturated heterocycles. The van der Waals surface area contributed by atoms with E-state index in [0.29, 0.717) is 0 Å². The second-order valence-corrected chi connectivity index (χ2v) is 4.75. The number of rotatable bonds is 5. The van der Waals surface area contributed by atoms with Crippen LogP contribution in [0.25, 0.3) is 0 Å². The van der Waals surface area contributed by atoms with Crippen LogP contribution in [0.1, 0.15) is 12.1 Å². The summed E-state index contributed by atoms with van der Waals surface area (Å²) >= 11 is 1.67. The summed E-state index contributed by atoms with van der Waals surface area (Å²) < 4.78 is 0. The van der Waals surface area contributed by atoms with Crippen LogP contribution < -0.4 is 5.32 Å². The lowest BCUT2D eigenvalue weighted by atomic mass is 9.99. The lowest BCUT2D eigenvalue weighted by Gasteiger charge is -2.28. The standard InChI is InChI=1S/C10H17N3S/c1-13(3-2-9-4-11-5-9)6-10-7-14-8-12-10/h7-9,11H,2-6H2,1H3. The Kier molecular flexibility index (Phi) is 3.50. The smallest absolute Gasteiger partial charge is 0.0795 e. The topological polar surface area (TPSA) is 28.2 Å². The van der Waals surface area contributed by atoms with Crippen LogP contribution in [0.4, 0.5) is 0 Å². The highest BCUT2D eigenvalue weighted by molar-refractivity contribution is 7.07. The Hall–Kier alpha value is -0.450. The van der Waals surface area contributed by atoms with Gasteiger partial charge in [0.2, 0.25) is 0 Å². The van der Waals surface area contributed by atoms with Gasteiger partial charge in [0.25, 0.3) is 0 Å². The summed E-state index contributed by atoms with van der Waals surface area (Å²) in [5.74, 6) is 0.910. The fraction of sp³-hybridized carbons (Fsp3) is 0.700. The van der Waals surface area contributed by atoms with E-state index in [1.54, 1.807) is 11.3 Å². The summed E-state index contributed by atoms with van der Waals surface area (Å²) in [6.07, 6.45) is 1.31. The van der Waals surface area contributed by atoms with Gasteiger partial charge in [0, 0.05) is 11.9 Å². The van der Waals surface area contributed by atoms with Crippen molar-refractivity contribution in [1.29, 1.82) is 0 Å². The number of thiazole rings is 1. The third-order valence-corrected chi connectivity index (χ3v) is 3.34. The number of nitrogens with one attached hydrogen (secondary N) is 1. The van der Waals surface area contributed by atoms with Crippen LogP contribution in [-0.4, -0.2) is 36.6 Å². The SMILES string of the molecule is CN(CCC1CNC1)Cc1cscn1. The summed E-state index contributed by atoms with van der Waals surface area (Å²) in [6, 6.07) is 0. The highest BCUT2D eigenvalue weighted by Gasteiger charge is 2.16. The zero-order chi connectivity index (χ0) is 9.80. The molecule has 0 atom stereocenters. The summed E-state index contributed by atoms with van der Waals surface area (Å²) in [5.41, 5.74) is 3.10. The average Bonchev–Trinajstić information content (AvgIpc) is 2.54. The fourth-order valence-corrected chi connectivity index (χ4v) is 2.18. The Morgan fingerprint density at radius 3 is 3.07 bits per heavy atom. The van der Waals surface area contributed by atoms with Crippen LogP contribution in [0.5, 0.6) is 0 Å². The maximum Gasteiger partial charge on any atom is 0.0795 e. The highest BCUT2D eigenvalue weighted by atomic mass is 32.1. The molecule has 0 unspecified atom stereocenters. The number of hydrogen-bond donors (Lipinski definition) is 1. The van der Waals surface area contributed by atoms with E-state index in [1.165, 1.54) is 31.7 Å². The molecule has 1 fully saturated rings. The molecule has 2 rings (SSSR count). The number of hydrogen-bond acceptors (Lipinski definition) is 4. The van der Waals surface area contributed by atoms with Gasteiger partial charge >= 0.3 is 0 Å². The zero-order valence-electron chi connectivity index (χ0n) is 8.57. The van der Waals surface area contributed by atoms with E-state index in [-0.39, 0.29) is 0 Å². The quantitative estimate of drug-likeness (QED) is 0.793. The van der Waals surface area contributed by atoms with Crippen molar-refractivity contribution < 1.29 is 0 Å². The van der Waals surface area contributed by atoms with E-state index < -0.39 is 0 Å². The van der Waals surface area contributed by atoms with Crippen LogP contribution in [0.15, 0.2) is 10.9 Å². The van der Waals surface area contributed by atoms with E-state index in [2.05, 4.69) is 27.6 Å². The molecule has 4 heteroatoms. The van der Waals surface area contributed by atoms with Crippen molar-refractivity contribution in [2.45, 2.75) is 13.0 Å². The molecule has 0 aliphatic carbocycles. The van der Waals surface area contributed by atoms with E-state index in [9.17, 15) is 0 Å². The molecule has 0 bridgehead atoms. The summed E-state index contributed by atoms with van der Waals surface area (Å²) in [7, 11) is 2.17. The Bertz CT molecular complexity index is 256. The lowest BCUT2D eigenvalue weighted by molar-refractivity contribution is 0.251. The van der Waals surface area contributed by atoms with Gasteiger partial charge in [0.15, 0.2) is 0 Å². The normalized spacial score (nSPS) is 17.3. The molecule has 1 aromatic rings. The first kappa shape index (κ1) is 10.1.